The van der Waals surface area contributed by atoms with Crippen LogP contribution in [-0.2, 0) is 11.2 Å². The van der Waals surface area contributed by atoms with Gasteiger partial charge in [-0.05, 0) is 11.6 Å². The minimum absolute atomic E-state index is 0.0156. The van der Waals surface area contributed by atoms with E-state index in [4.69, 9.17) is 16.3 Å². The van der Waals surface area contributed by atoms with Gasteiger partial charge in [0.15, 0.2) is 0 Å². The number of hydrogen-bond donors (Lipinski definition) is 1. The third kappa shape index (κ3) is 3.99. The van der Waals surface area contributed by atoms with Crippen molar-refractivity contribution in [1.82, 2.24) is 10.2 Å². The van der Waals surface area contributed by atoms with Crippen LogP contribution in [0.5, 0.6) is 0 Å². The molecule has 1 aromatic rings. The zero-order chi connectivity index (χ0) is 14.4. The van der Waals surface area contributed by atoms with E-state index in [0.717, 1.165) is 10.6 Å². The molecule has 4 nitrogen and oxygen atoms in total. The minimum atomic E-state index is -0.0719. The van der Waals surface area contributed by atoms with E-state index in [9.17, 15) is 4.79 Å². The van der Waals surface area contributed by atoms with Crippen LogP contribution < -0.4 is 5.32 Å². The van der Waals surface area contributed by atoms with Gasteiger partial charge >= 0.3 is 6.03 Å². The quantitative estimate of drug-likeness (QED) is 0.867. The number of carbonyl (C=O) groups is 1. The Morgan fingerprint density at radius 3 is 3.10 bits per heavy atom. The Labute approximate surface area is 124 Å². The molecule has 0 saturated carbocycles. The number of morpholine rings is 1. The van der Waals surface area contributed by atoms with Crippen LogP contribution >= 0.6 is 11.6 Å². The van der Waals surface area contributed by atoms with Crippen molar-refractivity contribution < 1.29 is 9.53 Å². The van der Waals surface area contributed by atoms with Gasteiger partial charge in [0.1, 0.15) is 0 Å². The van der Waals surface area contributed by atoms with Crippen molar-refractivity contribution in [3.63, 3.8) is 0 Å². The normalized spacial score (nSPS) is 18.6. The monoisotopic (exact) mass is 294 g/mol. The van der Waals surface area contributed by atoms with Crippen LogP contribution in [0.15, 0.2) is 36.9 Å². The summed E-state index contributed by atoms with van der Waals surface area (Å²) < 4.78 is 5.72. The number of nitrogens with zero attached hydrogens (tertiary/aromatic N) is 1. The molecule has 0 bridgehead atoms. The number of hydrogen-bond acceptors (Lipinski definition) is 2. The second kappa shape index (κ2) is 7.31. The minimum Gasteiger partial charge on any atom is -0.374 e. The second-order valence-electron chi connectivity index (χ2n) is 4.71. The number of ether oxygens (including phenoxy) is 1. The van der Waals surface area contributed by atoms with E-state index >= 15 is 0 Å². The van der Waals surface area contributed by atoms with Crippen molar-refractivity contribution in [3.8, 4) is 0 Å². The van der Waals surface area contributed by atoms with Gasteiger partial charge in [0.2, 0.25) is 0 Å². The summed E-state index contributed by atoms with van der Waals surface area (Å²) in [5.74, 6) is 0. The maximum absolute atomic E-state index is 11.9. The first-order valence-corrected chi connectivity index (χ1v) is 7.07. The topological polar surface area (TPSA) is 41.6 Å². The van der Waals surface area contributed by atoms with E-state index in [1.54, 1.807) is 11.0 Å². The molecule has 0 aliphatic carbocycles. The van der Waals surface area contributed by atoms with E-state index in [2.05, 4.69) is 11.9 Å². The number of nitrogens with one attached hydrogen (secondary N) is 1. The lowest BCUT2D eigenvalue weighted by molar-refractivity contribution is -0.0131. The molecule has 2 amide bonds. The van der Waals surface area contributed by atoms with E-state index in [1.807, 2.05) is 24.3 Å². The highest BCUT2D eigenvalue weighted by Gasteiger charge is 2.24. The summed E-state index contributed by atoms with van der Waals surface area (Å²) in [6.07, 6.45) is 2.36. The Morgan fingerprint density at radius 2 is 2.35 bits per heavy atom. The molecule has 1 atom stereocenters. The largest absolute Gasteiger partial charge is 0.374 e. The van der Waals surface area contributed by atoms with E-state index in [-0.39, 0.29) is 12.1 Å². The fourth-order valence-corrected chi connectivity index (χ4v) is 2.42. The zero-order valence-electron chi connectivity index (χ0n) is 11.3. The maximum Gasteiger partial charge on any atom is 0.317 e. The van der Waals surface area contributed by atoms with E-state index in [1.165, 1.54) is 0 Å². The summed E-state index contributed by atoms with van der Waals surface area (Å²) in [5.41, 5.74) is 1.05. The van der Waals surface area contributed by atoms with Crippen LogP contribution in [0.3, 0.4) is 0 Å². The van der Waals surface area contributed by atoms with Crippen LogP contribution in [0.4, 0.5) is 4.79 Å². The van der Waals surface area contributed by atoms with Gasteiger partial charge in [-0.15, -0.1) is 6.58 Å². The highest BCUT2D eigenvalue weighted by Crippen LogP contribution is 2.19. The summed E-state index contributed by atoms with van der Waals surface area (Å²) in [4.78, 5) is 13.7. The van der Waals surface area contributed by atoms with Gasteiger partial charge in [0.25, 0.3) is 0 Å². The highest BCUT2D eigenvalue weighted by atomic mass is 35.5. The molecule has 20 heavy (non-hydrogen) atoms. The van der Waals surface area contributed by atoms with E-state index < -0.39 is 0 Å². The Bertz CT molecular complexity index is 479. The molecular formula is C15H19ClN2O2. The molecule has 0 aromatic heterocycles. The third-order valence-corrected chi connectivity index (χ3v) is 3.60. The first-order chi connectivity index (χ1) is 9.70. The fourth-order valence-electron chi connectivity index (χ4n) is 2.21. The van der Waals surface area contributed by atoms with Gasteiger partial charge in [0.05, 0.1) is 12.7 Å². The predicted octanol–water partition coefficient (Wildman–Crippen LogP) is 2.48. The van der Waals surface area contributed by atoms with Gasteiger partial charge in [-0.2, -0.15) is 0 Å². The molecule has 1 fully saturated rings. The van der Waals surface area contributed by atoms with Crippen molar-refractivity contribution in [3.05, 3.63) is 47.5 Å². The van der Waals surface area contributed by atoms with Gasteiger partial charge in [-0.25, -0.2) is 4.79 Å². The molecule has 0 spiro atoms. The lowest BCUT2D eigenvalue weighted by atomic mass is 10.1. The Morgan fingerprint density at radius 1 is 1.55 bits per heavy atom. The smallest absolute Gasteiger partial charge is 0.317 e. The van der Waals surface area contributed by atoms with Crippen molar-refractivity contribution in [2.45, 2.75) is 12.5 Å². The first-order valence-electron chi connectivity index (χ1n) is 6.69. The summed E-state index contributed by atoms with van der Waals surface area (Å²) in [7, 11) is 0. The van der Waals surface area contributed by atoms with Crippen molar-refractivity contribution in [2.75, 3.05) is 26.2 Å². The Hall–Kier alpha value is -1.52. The number of halogens is 1. The van der Waals surface area contributed by atoms with Crippen LogP contribution in [0.25, 0.3) is 0 Å². The van der Waals surface area contributed by atoms with Crippen LogP contribution in [0.1, 0.15) is 5.56 Å². The molecule has 108 valence electrons. The van der Waals surface area contributed by atoms with Crippen molar-refractivity contribution in [1.29, 1.82) is 0 Å². The molecule has 1 unspecified atom stereocenters. The average Bonchev–Trinajstić information content (AvgIpc) is 2.47. The van der Waals surface area contributed by atoms with Crippen LogP contribution in [0, 0.1) is 0 Å². The predicted molar refractivity (Wildman–Crippen MR) is 80.1 cm³/mol. The Balaban J connectivity index is 1.92. The number of benzene rings is 1. The molecule has 1 N–H and O–H groups in total. The Kier molecular flexibility index (Phi) is 5.44. The number of amides is 2. The second-order valence-corrected chi connectivity index (χ2v) is 5.12. The fraction of sp³-hybridized carbons (Fsp3) is 0.400. The molecule has 0 radical (unpaired) electrons. The van der Waals surface area contributed by atoms with Crippen molar-refractivity contribution >= 4 is 17.6 Å². The number of carbonyl (C=O) groups excluding carboxylic acids is 1. The SMILES string of the molecule is C=CCNC(=O)N1CCOC(Cc2ccccc2Cl)C1. The molecule has 2 rings (SSSR count). The summed E-state index contributed by atoms with van der Waals surface area (Å²) >= 11 is 6.15. The summed E-state index contributed by atoms with van der Waals surface area (Å²) in [5, 5.41) is 3.53. The molecule has 5 heteroatoms. The number of urea groups is 1. The maximum atomic E-state index is 11.9. The van der Waals surface area contributed by atoms with Gasteiger partial charge in [0, 0.05) is 31.1 Å². The summed E-state index contributed by atoms with van der Waals surface area (Å²) in [6.45, 7) is 5.81. The summed E-state index contributed by atoms with van der Waals surface area (Å²) in [6, 6.07) is 7.65. The first kappa shape index (κ1) is 14.9. The lowest BCUT2D eigenvalue weighted by Crippen LogP contribution is -2.50. The standard InChI is InChI=1S/C15H19ClN2O2/c1-2-7-17-15(19)18-8-9-20-13(11-18)10-12-5-3-4-6-14(12)16/h2-6,13H,1,7-11H2,(H,17,19). The van der Waals surface area contributed by atoms with Gasteiger partial charge in [-0.1, -0.05) is 35.9 Å². The lowest BCUT2D eigenvalue weighted by Gasteiger charge is -2.33. The van der Waals surface area contributed by atoms with Crippen molar-refractivity contribution in [2.24, 2.45) is 0 Å². The average molecular weight is 295 g/mol. The molecule has 1 saturated heterocycles. The highest BCUT2D eigenvalue weighted by molar-refractivity contribution is 6.31. The third-order valence-electron chi connectivity index (χ3n) is 3.23. The molecule has 1 aliphatic heterocycles. The molecule has 1 aromatic carbocycles. The van der Waals surface area contributed by atoms with Crippen LogP contribution in [0.2, 0.25) is 5.02 Å². The molecule has 1 aliphatic rings. The zero-order valence-corrected chi connectivity index (χ0v) is 12.1. The molecular weight excluding hydrogens is 276 g/mol. The van der Waals surface area contributed by atoms with Crippen LogP contribution in [-0.4, -0.2) is 43.3 Å². The molecule has 1 heterocycles. The number of rotatable bonds is 4. The van der Waals surface area contributed by atoms with Gasteiger partial charge < -0.3 is 15.0 Å². The van der Waals surface area contributed by atoms with E-state index in [0.29, 0.717) is 32.7 Å². The van der Waals surface area contributed by atoms with Gasteiger partial charge in [-0.3, -0.25) is 0 Å².